The molecular formula is C27H30N2O3S. The summed E-state index contributed by atoms with van der Waals surface area (Å²) in [5.41, 5.74) is 3.63. The number of methoxy groups -OCH3 is 1. The Morgan fingerprint density at radius 2 is 1.85 bits per heavy atom. The lowest BCUT2D eigenvalue weighted by Gasteiger charge is -2.22. The highest BCUT2D eigenvalue weighted by Crippen LogP contribution is 2.31. The number of amides is 1. The summed E-state index contributed by atoms with van der Waals surface area (Å²) in [4.78, 5) is 29.1. The van der Waals surface area contributed by atoms with Gasteiger partial charge in [-0.05, 0) is 52.4 Å². The van der Waals surface area contributed by atoms with Gasteiger partial charge in [0.05, 0.1) is 22.4 Å². The van der Waals surface area contributed by atoms with E-state index in [0.717, 1.165) is 15.6 Å². The molecule has 0 fully saturated rings. The Morgan fingerprint density at radius 3 is 2.48 bits per heavy atom. The summed E-state index contributed by atoms with van der Waals surface area (Å²) < 4.78 is 7.78. The van der Waals surface area contributed by atoms with E-state index in [0.29, 0.717) is 36.3 Å². The number of hydrogen-bond donors (Lipinski definition) is 0. The van der Waals surface area contributed by atoms with Crippen LogP contribution in [-0.2, 0) is 10.2 Å². The summed E-state index contributed by atoms with van der Waals surface area (Å²) in [7, 11) is 1.63. The predicted molar refractivity (Wildman–Crippen MR) is 137 cm³/mol. The summed E-state index contributed by atoms with van der Waals surface area (Å²) >= 11 is 1.55. The number of likely N-dealkylation sites (N-methyl/N-ethyl adjacent to an activating group) is 1. The molecule has 4 rings (SSSR count). The van der Waals surface area contributed by atoms with Crippen LogP contribution in [0.1, 0.15) is 43.6 Å². The van der Waals surface area contributed by atoms with Crippen molar-refractivity contribution in [2.75, 3.05) is 26.8 Å². The van der Waals surface area contributed by atoms with E-state index >= 15 is 0 Å². The molecule has 0 spiro atoms. The van der Waals surface area contributed by atoms with Crippen molar-refractivity contribution >= 4 is 32.8 Å². The first-order chi connectivity index (χ1) is 15.8. The zero-order valence-corrected chi connectivity index (χ0v) is 20.7. The Morgan fingerprint density at radius 1 is 1.12 bits per heavy atom. The van der Waals surface area contributed by atoms with Crippen LogP contribution in [-0.4, -0.2) is 42.0 Å². The van der Waals surface area contributed by atoms with Gasteiger partial charge in [0.1, 0.15) is 0 Å². The number of fused-ring (bicyclic) bond motifs is 3. The summed E-state index contributed by atoms with van der Waals surface area (Å²) in [6.07, 6.45) is 1.78. The number of aromatic nitrogens is 1. The Balaban J connectivity index is 1.96. The van der Waals surface area contributed by atoms with Crippen LogP contribution in [0.3, 0.4) is 0 Å². The van der Waals surface area contributed by atoms with Gasteiger partial charge in [0.25, 0.3) is 11.5 Å². The molecular weight excluding hydrogens is 432 g/mol. The van der Waals surface area contributed by atoms with E-state index in [1.807, 2.05) is 36.6 Å². The van der Waals surface area contributed by atoms with Gasteiger partial charge >= 0.3 is 0 Å². The third-order valence-corrected chi connectivity index (χ3v) is 7.01. The van der Waals surface area contributed by atoms with Crippen molar-refractivity contribution in [1.29, 1.82) is 0 Å². The average Bonchev–Trinajstić information content (AvgIpc) is 3.28. The Labute approximate surface area is 198 Å². The van der Waals surface area contributed by atoms with E-state index in [9.17, 15) is 9.59 Å². The fourth-order valence-electron chi connectivity index (χ4n) is 4.10. The molecule has 3 aromatic heterocycles. The molecule has 0 radical (unpaired) electrons. The van der Waals surface area contributed by atoms with Crippen LogP contribution in [0.15, 0.2) is 58.8 Å². The first kappa shape index (κ1) is 23.2. The lowest BCUT2D eigenvalue weighted by atomic mass is 9.86. The fraction of sp³-hybridized carbons (Fsp3) is 0.333. The molecule has 0 bridgehead atoms. The quantitative estimate of drug-likeness (QED) is 0.375. The lowest BCUT2D eigenvalue weighted by Crippen LogP contribution is -2.34. The standard InChI is InChI=1S/C27H30N2O3S/c1-6-28(14-15-32-5)25(30)22-17-21(18-7-9-20(10-8-18)27(2,3)4)26(31)29-13-11-19-12-16-33-24(19)23(22)29/h7-13,16-17H,6,14-15H2,1-5H3. The largest absolute Gasteiger partial charge is 0.383 e. The van der Waals surface area contributed by atoms with E-state index in [4.69, 9.17) is 4.74 Å². The summed E-state index contributed by atoms with van der Waals surface area (Å²) in [5, 5.41) is 3.01. The number of benzene rings is 1. The first-order valence-corrected chi connectivity index (χ1v) is 12.1. The number of ether oxygens (including phenoxy) is 1. The van der Waals surface area contributed by atoms with E-state index in [2.05, 4.69) is 32.9 Å². The van der Waals surface area contributed by atoms with Crippen molar-refractivity contribution < 1.29 is 9.53 Å². The van der Waals surface area contributed by atoms with Crippen LogP contribution >= 0.6 is 11.3 Å². The highest BCUT2D eigenvalue weighted by Gasteiger charge is 2.23. The molecule has 0 N–H and O–H groups in total. The normalized spacial score (nSPS) is 11.9. The lowest BCUT2D eigenvalue weighted by molar-refractivity contribution is 0.0708. The molecule has 172 valence electrons. The molecule has 0 aliphatic heterocycles. The van der Waals surface area contributed by atoms with Crippen molar-refractivity contribution in [2.45, 2.75) is 33.1 Å². The van der Waals surface area contributed by atoms with Crippen LogP contribution in [0, 0.1) is 0 Å². The summed E-state index contributed by atoms with van der Waals surface area (Å²) in [6, 6.07) is 13.8. The summed E-state index contributed by atoms with van der Waals surface area (Å²) in [6.45, 7) is 9.95. The van der Waals surface area contributed by atoms with Gasteiger partial charge in [-0.15, -0.1) is 11.3 Å². The van der Waals surface area contributed by atoms with Crippen molar-refractivity contribution in [1.82, 2.24) is 9.30 Å². The first-order valence-electron chi connectivity index (χ1n) is 11.2. The summed E-state index contributed by atoms with van der Waals surface area (Å²) in [5.74, 6) is -0.0967. The Bertz CT molecular complexity index is 1360. The van der Waals surface area contributed by atoms with E-state index in [-0.39, 0.29) is 16.9 Å². The van der Waals surface area contributed by atoms with Crippen LogP contribution in [0.4, 0.5) is 0 Å². The van der Waals surface area contributed by atoms with E-state index in [1.165, 1.54) is 5.56 Å². The Hall–Kier alpha value is -2.96. The van der Waals surface area contributed by atoms with Crippen LogP contribution in [0.5, 0.6) is 0 Å². The van der Waals surface area contributed by atoms with Gasteiger partial charge in [-0.2, -0.15) is 0 Å². The van der Waals surface area contributed by atoms with Crippen molar-refractivity contribution in [2.24, 2.45) is 0 Å². The number of nitrogens with zero attached hydrogens (tertiary/aromatic N) is 2. The topological polar surface area (TPSA) is 51.0 Å². The minimum Gasteiger partial charge on any atom is -0.383 e. The van der Waals surface area contributed by atoms with Crippen LogP contribution < -0.4 is 5.56 Å². The zero-order chi connectivity index (χ0) is 23.8. The number of pyridine rings is 2. The highest BCUT2D eigenvalue weighted by molar-refractivity contribution is 7.18. The van der Waals surface area contributed by atoms with Crippen molar-refractivity contribution in [3.05, 3.63) is 75.5 Å². The smallest absolute Gasteiger partial charge is 0.263 e. The minimum absolute atomic E-state index is 0.0197. The van der Waals surface area contributed by atoms with E-state index in [1.54, 1.807) is 40.0 Å². The number of thiophene rings is 1. The fourth-order valence-corrected chi connectivity index (χ4v) is 5.04. The third kappa shape index (κ3) is 4.33. The van der Waals surface area contributed by atoms with Gasteiger partial charge in [-0.1, -0.05) is 45.0 Å². The van der Waals surface area contributed by atoms with Crippen molar-refractivity contribution in [3.8, 4) is 11.1 Å². The predicted octanol–water partition coefficient (Wildman–Crippen LogP) is 5.59. The second-order valence-corrected chi connectivity index (χ2v) is 10.1. The minimum atomic E-state index is -0.125. The highest BCUT2D eigenvalue weighted by atomic mass is 32.1. The molecule has 0 saturated heterocycles. The second kappa shape index (κ2) is 9.12. The van der Waals surface area contributed by atoms with Crippen LogP contribution in [0.2, 0.25) is 0 Å². The Kier molecular flexibility index (Phi) is 6.41. The molecule has 0 aliphatic carbocycles. The van der Waals surface area contributed by atoms with Crippen molar-refractivity contribution in [3.63, 3.8) is 0 Å². The van der Waals surface area contributed by atoms with Crippen LogP contribution in [0.25, 0.3) is 26.7 Å². The molecule has 0 unspecified atom stereocenters. The SMILES string of the molecule is CCN(CCOC)C(=O)c1cc(-c2ccc(C(C)(C)C)cc2)c(=O)n2ccc3ccsc3c12. The molecule has 1 amide bonds. The molecule has 33 heavy (non-hydrogen) atoms. The van der Waals surface area contributed by atoms with E-state index < -0.39 is 0 Å². The number of rotatable bonds is 6. The molecule has 0 atom stereocenters. The van der Waals surface area contributed by atoms with Gasteiger partial charge in [-0.3, -0.25) is 14.0 Å². The average molecular weight is 463 g/mol. The molecule has 1 aromatic carbocycles. The van der Waals surface area contributed by atoms with Gasteiger partial charge in [0, 0.05) is 32.0 Å². The molecule has 6 heteroatoms. The maximum Gasteiger partial charge on any atom is 0.263 e. The third-order valence-electron chi connectivity index (χ3n) is 6.07. The monoisotopic (exact) mass is 462 g/mol. The van der Waals surface area contributed by atoms with Gasteiger partial charge in [0.2, 0.25) is 0 Å². The molecule has 0 saturated carbocycles. The maximum absolute atomic E-state index is 13.7. The molecule has 5 nitrogen and oxygen atoms in total. The van der Waals surface area contributed by atoms with Gasteiger partial charge in [0.15, 0.2) is 0 Å². The number of hydrogen-bond acceptors (Lipinski definition) is 4. The number of carbonyl (C=O) groups is 1. The second-order valence-electron chi connectivity index (χ2n) is 9.22. The molecule has 0 aliphatic rings. The maximum atomic E-state index is 13.7. The zero-order valence-electron chi connectivity index (χ0n) is 19.8. The molecule has 4 aromatic rings. The van der Waals surface area contributed by atoms with Gasteiger partial charge < -0.3 is 9.64 Å². The number of carbonyl (C=O) groups excluding carboxylic acids is 1. The van der Waals surface area contributed by atoms with Gasteiger partial charge in [-0.25, -0.2) is 0 Å². The molecule has 3 heterocycles.